The maximum absolute atomic E-state index is 6.69. The van der Waals surface area contributed by atoms with Gasteiger partial charge in [0.1, 0.15) is 11.2 Å². The van der Waals surface area contributed by atoms with Crippen LogP contribution in [0.1, 0.15) is 0 Å². The molecule has 0 saturated heterocycles. The minimum atomic E-state index is 0.583. The van der Waals surface area contributed by atoms with Crippen LogP contribution in [0.15, 0.2) is 241 Å². The van der Waals surface area contributed by atoms with Gasteiger partial charge in [-0.25, -0.2) is 15.0 Å². The van der Waals surface area contributed by atoms with E-state index in [0.29, 0.717) is 17.5 Å². The molecule has 14 rings (SSSR count). The Labute approximate surface area is 407 Å². The van der Waals surface area contributed by atoms with Crippen LogP contribution in [0.5, 0.6) is 0 Å². The van der Waals surface area contributed by atoms with E-state index in [1.165, 1.54) is 80.7 Å². The van der Waals surface area contributed by atoms with Crippen molar-refractivity contribution in [3.05, 3.63) is 237 Å². The molecule has 0 atom stereocenters. The van der Waals surface area contributed by atoms with Crippen molar-refractivity contribution in [3.8, 4) is 78.7 Å². The monoisotopic (exact) mass is 909 g/mol. The molecule has 0 amide bonds. The third-order valence-corrected chi connectivity index (χ3v) is 14.9. The lowest BCUT2D eigenvalue weighted by Crippen LogP contribution is -2.00. The Balaban J connectivity index is 0.863. The molecule has 0 aliphatic heterocycles. The molecule has 0 bridgehead atoms. The lowest BCUT2D eigenvalue weighted by atomic mass is 9.93. The Hall–Kier alpha value is -9.03. The first kappa shape index (κ1) is 40.1. The van der Waals surface area contributed by atoms with Gasteiger partial charge in [-0.1, -0.05) is 194 Å². The summed E-state index contributed by atoms with van der Waals surface area (Å²) in [5.41, 5.74) is 13.9. The summed E-state index contributed by atoms with van der Waals surface area (Å²) in [5.74, 6) is 1.81. The van der Waals surface area contributed by atoms with Gasteiger partial charge in [-0.05, 0) is 109 Å². The SMILES string of the molecule is c1ccc(-c2ccc3c(-c4cccc5oc6cc(-c7nc(-c8ccccc8)nc(-c8ccc9c(c8)sc8cccc(-c%10cccc%11cc(-c%12ccccc%12)ccc%10%11)c89)n7)ccc6c45)cccc3c2)cc1. The molecule has 11 aromatic carbocycles. The Morgan fingerprint density at radius 1 is 0.271 bits per heavy atom. The van der Waals surface area contributed by atoms with E-state index in [1.807, 2.05) is 18.2 Å². The molecule has 70 heavy (non-hydrogen) atoms. The van der Waals surface area contributed by atoms with Gasteiger partial charge in [0, 0.05) is 47.6 Å². The second kappa shape index (κ2) is 16.3. The first-order valence-electron chi connectivity index (χ1n) is 23.6. The van der Waals surface area contributed by atoms with Crippen molar-refractivity contribution in [2.75, 3.05) is 0 Å². The van der Waals surface area contributed by atoms with E-state index in [-0.39, 0.29) is 0 Å². The number of benzene rings is 11. The molecule has 14 aromatic rings. The van der Waals surface area contributed by atoms with Crippen molar-refractivity contribution in [2.24, 2.45) is 0 Å². The Morgan fingerprint density at radius 3 is 1.36 bits per heavy atom. The molecule has 326 valence electrons. The highest BCUT2D eigenvalue weighted by Gasteiger charge is 2.20. The fourth-order valence-corrected chi connectivity index (χ4v) is 11.6. The van der Waals surface area contributed by atoms with Crippen molar-refractivity contribution < 1.29 is 4.42 Å². The predicted molar refractivity (Wildman–Crippen MR) is 293 cm³/mol. The fraction of sp³-hybridized carbons (Fsp3) is 0. The topological polar surface area (TPSA) is 51.8 Å². The van der Waals surface area contributed by atoms with E-state index in [1.54, 1.807) is 11.3 Å². The first-order valence-corrected chi connectivity index (χ1v) is 24.4. The van der Waals surface area contributed by atoms with Crippen molar-refractivity contribution in [2.45, 2.75) is 0 Å². The zero-order valence-corrected chi connectivity index (χ0v) is 38.5. The molecule has 0 radical (unpaired) electrons. The molecule has 3 aromatic heterocycles. The molecular weight excluding hydrogens is 871 g/mol. The molecule has 0 N–H and O–H groups in total. The highest BCUT2D eigenvalue weighted by molar-refractivity contribution is 7.26. The maximum atomic E-state index is 6.69. The Morgan fingerprint density at radius 2 is 0.743 bits per heavy atom. The minimum Gasteiger partial charge on any atom is -0.456 e. The third-order valence-electron chi connectivity index (χ3n) is 13.7. The number of thiophene rings is 1. The van der Waals surface area contributed by atoms with Crippen molar-refractivity contribution in [1.29, 1.82) is 0 Å². The van der Waals surface area contributed by atoms with Gasteiger partial charge in [0.05, 0.1) is 0 Å². The first-order chi connectivity index (χ1) is 34.7. The number of hydrogen-bond acceptors (Lipinski definition) is 5. The fourth-order valence-electron chi connectivity index (χ4n) is 10.4. The summed E-state index contributed by atoms with van der Waals surface area (Å²) < 4.78 is 9.11. The smallest absolute Gasteiger partial charge is 0.164 e. The molecule has 0 aliphatic carbocycles. The van der Waals surface area contributed by atoms with Crippen LogP contribution in [0.25, 0.3) is 142 Å². The molecule has 4 nitrogen and oxygen atoms in total. The number of nitrogens with zero attached hydrogens (tertiary/aromatic N) is 3. The van der Waals surface area contributed by atoms with E-state index < -0.39 is 0 Å². The average molecular weight is 910 g/mol. The lowest BCUT2D eigenvalue weighted by Gasteiger charge is -2.11. The largest absolute Gasteiger partial charge is 0.456 e. The second-order valence-electron chi connectivity index (χ2n) is 17.9. The van der Waals surface area contributed by atoms with Gasteiger partial charge in [-0.3, -0.25) is 0 Å². The Kier molecular flexibility index (Phi) is 9.36. The summed E-state index contributed by atoms with van der Waals surface area (Å²) in [6.07, 6.45) is 0. The van der Waals surface area contributed by atoms with E-state index in [9.17, 15) is 0 Å². The van der Waals surface area contributed by atoms with Crippen LogP contribution in [0, 0.1) is 0 Å². The van der Waals surface area contributed by atoms with Crippen LogP contribution in [-0.2, 0) is 0 Å². The maximum Gasteiger partial charge on any atom is 0.164 e. The number of aromatic nitrogens is 3. The van der Waals surface area contributed by atoms with Crippen LogP contribution in [0.2, 0.25) is 0 Å². The van der Waals surface area contributed by atoms with E-state index in [4.69, 9.17) is 19.4 Å². The Bertz CT molecular complexity index is 4090. The number of furan rings is 1. The summed E-state index contributed by atoms with van der Waals surface area (Å²) in [7, 11) is 0. The zero-order chi connectivity index (χ0) is 46.1. The second-order valence-corrected chi connectivity index (χ2v) is 19.0. The van der Waals surface area contributed by atoms with Crippen LogP contribution in [0.3, 0.4) is 0 Å². The van der Waals surface area contributed by atoms with Crippen LogP contribution >= 0.6 is 11.3 Å². The number of fused-ring (bicyclic) bond motifs is 8. The molecular formula is C65H39N3OS. The van der Waals surface area contributed by atoms with Gasteiger partial charge in [0.25, 0.3) is 0 Å². The van der Waals surface area contributed by atoms with E-state index >= 15 is 0 Å². The third kappa shape index (κ3) is 6.78. The molecule has 0 saturated carbocycles. The lowest BCUT2D eigenvalue weighted by molar-refractivity contribution is 0.669. The van der Waals surface area contributed by atoms with Gasteiger partial charge in [0.15, 0.2) is 17.5 Å². The highest BCUT2D eigenvalue weighted by atomic mass is 32.1. The van der Waals surface area contributed by atoms with Gasteiger partial charge < -0.3 is 4.42 Å². The standard InChI is InChI=1S/C65H39N3OS/c1-4-14-40(15-5-1)43-28-32-49-45(36-43)20-10-22-51(49)53-24-12-26-57-61(53)55-34-30-47(38-58(55)69-57)64-66-63(42-18-8-3-9-19-42)67-65(68-64)48-31-35-56-60(39-48)70-59-27-13-25-54(62(56)59)52-23-11-21-46-37-44(29-33-50(46)52)41-16-6-2-7-17-41/h1-39H. The summed E-state index contributed by atoms with van der Waals surface area (Å²) in [6, 6.07) is 84.1. The normalized spacial score (nSPS) is 11.7. The molecule has 3 heterocycles. The molecule has 0 spiro atoms. The van der Waals surface area contributed by atoms with Crippen molar-refractivity contribution in [1.82, 2.24) is 15.0 Å². The predicted octanol–water partition coefficient (Wildman–Crippen LogP) is 18.1. The van der Waals surface area contributed by atoms with Gasteiger partial charge in [-0.2, -0.15) is 0 Å². The van der Waals surface area contributed by atoms with Crippen LogP contribution in [0.4, 0.5) is 0 Å². The van der Waals surface area contributed by atoms with Gasteiger partial charge in [-0.15, -0.1) is 11.3 Å². The van der Waals surface area contributed by atoms with E-state index in [0.717, 1.165) is 44.2 Å². The molecule has 0 fully saturated rings. The minimum absolute atomic E-state index is 0.583. The average Bonchev–Trinajstić information content (AvgIpc) is 4.01. The molecule has 0 aliphatic rings. The van der Waals surface area contributed by atoms with Gasteiger partial charge in [0.2, 0.25) is 0 Å². The molecule has 0 unspecified atom stereocenters. The number of rotatable bonds is 7. The summed E-state index contributed by atoms with van der Waals surface area (Å²) in [5, 5.41) is 9.45. The summed E-state index contributed by atoms with van der Waals surface area (Å²) in [6.45, 7) is 0. The summed E-state index contributed by atoms with van der Waals surface area (Å²) in [4.78, 5) is 15.5. The van der Waals surface area contributed by atoms with Crippen LogP contribution < -0.4 is 0 Å². The van der Waals surface area contributed by atoms with Gasteiger partial charge >= 0.3 is 0 Å². The van der Waals surface area contributed by atoms with Crippen molar-refractivity contribution >= 4 is 75.0 Å². The van der Waals surface area contributed by atoms with Crippen molar-refractivity contribution in [3.63, 3.8) is 0 Å². The highest BCUT2D eigenvalue weighted by Crippen LogP contribution is 2.45. The number of hydrogen-bond donors (Lipinski definition) is 0. The van der Waals surface area contributed by atoms with E-state index in [2.05, 4.69) is 218 Å². The quantitative estimate of drug-likeness (QED) is 0.160. The zero-order valence-electron chi connectivity index (χ0n) is 37.7. The summed E-state index contributed by atoms with van der Waals surface area (Å²) >= 11 is 1.80. The molecule has 5 heteroatoms. The van der Waals surface area contributed by atoms with Crippen LogP contribution in [-0.4, -0.2) is 15.0 Å².